The minimum atomic E-state index is -3.76. The molecule has 2 aromatic rings. The van der Waals surface area contributed by atoms with Gasteiger partial charge in [0.1, 0.15) is 18.3 Å². The molecule has 1 atom stereocenters. The summed E-state index contributed by atoms with van der Waals surface area (Å²) < 4.78 is 31.7. The highest BCUT2D eigenvalue weighted by molar-refractivity contribution is 7.92. The average Bonchev–Trinajstić information content (AvgIpc) is 2.77. The molecule has 2 amide bonds. The molecule has 35 heavy (non-hydrogen) atoms. The second kappa shape index (κ2) is 12.1. The van der Waals surface area contributed by atoms with Gasteiger partial charge in [-0.1, -0.05) is 32.0 Å². The molecule has 9 heteroatoms. The summed E-state index contributed by atoms with van der Waals surface area (Å²) in [5.41, 5.74) is 2.98. The molecule has 0 aliphatic rings. The zero-order valence-corrected chi connectivity index (χ0v) is 22.5. The van der Waals surface area contributed by atoms with Gasteiger partial charge in [0.25, 0.3) is 0 Å². The number of aryl methyl sites for hydroxylation is 2. The molecule has 0 aliphatic heterocycles. The van der Waals surface area contributed by atoms with E-state index in [0.29, 0.717) is 18.0 Å². The summed E-state index contributed by atoms with van der Waals surface area (Å²) >= 11 is 0. The van der Waals surface area contributed by atoms with Crippen LogP contribution in [0.5, 0.6) is 5.75 Å². The molecule has 0 saturated carbocycles. The van der Waals surface area contributed by atoms with E-state index in [1.165, 1.54) is 4.90 Å². The molecular formula is C26H37N3O5S. The van der Waals surface area contributed by atoms with Crippen molar-refractivity contribution < 1.29 is 22.7 Å². The van der Waals surface area contributed by atoms with E-state index in [0.717, 1.165) is 27.3 Å². The smallest absolute Gasteiger partial charge is 0.244 e. The van der Waals surface area contributed by atoms with Crippen LogP contribution in [0.2, 0.25) is 0 Å². The van der Waals surface area contributed by atoms with Crippen LogP contribution in [0.15, 0.2) is 42.5 Å². The van der Waals surface area contributed by atoms with Gasteiger partial charge in [0.2, 0.25) is 21.8 Å². The van der Waals surface area contributed by atoms with Crippen LogP contribution in [0, 0.1) is 19.8 Å². The highest BCUT2D eigenvalue weighted by Crippen LogP contribution is 2.22. The number of hydrogen-bond donors (Lipinski definition) is 1. The Morgan fingerprint density at radius 3 is 2.06 bits per heavy atom. The first-order valence-electron chi connectivity index (χ1n) is 11.6. The van der Waals surface area contributed by atoms with Gasteiger partial charge in [0, 0.05) is 13.1 Å². The third-order valence-electron chi connectivity index (χ3n) is 5.54. The number of nitrogens with one attached hydrogen (secondary N) is 1. The van der Waals surface area contributed by atoms with Crippen LogP contribution < -0.4 is 14.4 Å². The lowest BCUT2D eigenvalue weighted by Crippen LogP contribution is -2.51. The van der Waals surface area contributed by atoms with Crippen LogP contribution in [-0.4, -0.2) is 57.6 Å². The minimum Gasteiger partial charge on any atom is -0.497 e. The molecule has 8 nitrogen and oxygen atoms in total. The van der Waals surface area contributed by atoms with E-state index < -0.39 is 28.5 Å². The summed E-state index contributed by atoms with van der Waals surface area (Å²) in [6.07, 6.45) is 1.07. The van der Waals surface area contributed by atoms with E-state index in [1.807, 2.05) is 45.9 Å². The molecule has 0 fully saturated rings. The number of ether oxygens (including phenoxy) is 1. The Balaban J connectivity index is 2.39. The number of sulfonamides is 1. The van der Waals surface area contributed by atoms with Crippen LogP contribution in [-0.2, 0) is 26.2 Å². The number of amides is 2. The Hall–Kier alpha value is -3.07. The standard InChI is InChI=1S/C26H37N3O5S/c1-18(2)15-27-26(31)21(5)28(16-22-8-10-24(34-6)11-9-22)25(30)17-29(35(7,32)33)23-13-19(3)12-20(4)14-23/h8-14,18,21H,15-17H2,1-7H3,(H,27,31). The maximum atomic E-state index is 13.6. The summed E-state index contributed by atoms with van der Waals surface area (Å²) in [5, 5.41) is 2.87. The number of benzene rings is 2. The van der Waals surface area contributed by atoms with Crippen molar-refractivity contribution in [3.8, 4) is 5.75 Å². The Morgan fingerprint density at radius 1 is 1.00 bits per heavy atom. The number of carbonyl (C=O) groups is 2. The van der Waals surface area contributed by atoms with Gasteiger partial charge >= 0.3 is 0 Å². The Kier molecular flexibility index (Phi) is 9.71. The summed E-state index contributed by atoms with van der Waals surface area (Å²) in [7, 11) is -2.19. The van der Waals surface area contributed by atoms with E-state index in [-0.39, 0.29) is 18.4 Å². The summed E-state index contributed by atoms with van der Waals surface area (Å²) in [6.45, 7) is 9.57. The highest BCUT2D eigenvalue weighted by Gasteiger charge is 2.30. The van der Waals surface area contributed by atoms with Gasteiger partial charge in [-0.2, -0.15) is 0 Å². The largest absolute Gasteiger partial charge is 0.497 e. The van der Waals surface area contributed by atoms with Gasteiger partial charge in [0.15, 0.2) is 0 Å². The summed E-state index contributed by atoms with van der Waals surface area (Å²) in [5.74, 6) is 0.157. The second-order valence-corrected chi connectivity index (χ2v) is 11.2. The van der Waals surface area contributed by atoms with Gasteiger partial charge in [-0.05, 0) is 67.6 Å². The zero-order valence-electron chi connectivity index (χ0n) is 21.7. The number of methoxy groups -OCH3 is 1. The lowest BCUT2D eigenvalue weighted by Gasteiger charge is -2.31. The third kappa shape index (κ3) is 8.28. The van der Waals surface area contributed by atoms with Crippen molar-refractivity contribution in [3.63, 3.8) is 0 Å². The number of carbonyl (C=O) groups excluding carboxylic acids is 2. The maximum Gasteiger partial charge on any atom is 0.244 e. The molecule has 0 aliphatic carbocycles. The monoisotopic (exact) mass is 503 g/mol. The fourth-order valence-electron chi connectivity index (χ4n) is 3.67. The van der Waals surface area contributed by atoms with Gasteiger partial charge in [-0.15, -0.1) is 0 Å². The molecule has 0 heterocycles. The molecule has 2 rings (SSSR count). The van der Waals surface area contributed by atoms with Crippen molar-refractivity contribution >= 4 is 27.5 Å². The SMILES string of the molecule is COc1ccc(CN(C(=O)CN(c2cc(C)cc(C)c2)S(C)(=O)=O)C(C)C(=O)NCC(C)C)cc1. The van der Waals surface area contributed by atoms with Crippen molar-refractivity contribution in [2.75, 3.05) is 30.8 Å². The van der Waals surface area contributed by atoms with Gasteiger partial charge in [-0.25, -0.2) is 8.42 Å². The Bertz CT molecular complexity index is 1110. The molecule has 192 valence electrons. The molecule has 0 radical (unpaired) electrons. The van der Waals surface area contributed by atoms with Crippen LogP contribution in [0.25, 0.3) is 0 Å². The van der Waals surface area contributed by atoms with Crippen molar-refractivity contribution in [2.24, 2.45) is 5.92 Å². The fourth-order valence-corrected chi connectivity index (χ4v) is 4.50. The Morgan fingerprint density at radius 2 is 1.57 bits per heavy atom. The quantitative estimate of drug-likeness (QED) is 0.508. The highest BCUT2D eigenvalue weighted by atomic mass is 32.2. The molecule has 1 N–H and O–H groups in total. The van der Waals surface area contributed by atoms with Gasteiger partial charge in [-0.3, -0.25) is 13.9 Å². The number of rotatable bonds is 11. The van der Waals surface area contributed by atoms with Crippen molar-refractivity contribution in [2.45, 2.75) is 47.2 Å². The van der Waals surface area contributed by atoms with E-state index in [1.54, 1.807) is 38.3 Å². The second-order valence-electron chi connectivity index (χ2n) is 9.30. The normalized spacial score (nSPS) is 12.2. The predicted octanol–water partition coefficient (Wildman–Crippen LogP) is 3.27. The molecule has 0 spiro atoms. The first-order valence-corrected chi connectivity index (χ1v) is 13.4. The van der Waals surface area contributed by atoms with E-state index in [4.69, 9.17) is 4.74 Å². The average molecular weight is 504 g/mol. The summed E-state index contributed by atoms with van der Waals surface area (Å²) in [4.78, 5) is 27.9. The predicted molar refractivity (Wildman–Crippen MR) is 139 cm³/mol. The number of hydrogen-bond acceptors (Lipinski definition) is 5. The lowest BCUT2D eigenvalue weighted by molar-refractivity contribution is -0.139. The lowest BCUT2D eigenvalue weighted by atomic mass is 10.1. The first-order chi connectivity index (χ1) is 16.3. The molecule has 1 unspecified atom stereocenters. The maximum absolute atomic E-state index is 13.6. The molecular weight excluding hydrogens is 466 g/mol. The third-order valence-corrected chi connectivity index (χ3v) is 6.68. The molecule has 2 aromatic carbocycles. The summed E-state index contributed by atoms with van der Waals surface area (Å²) in [6, 6.07) is 11.8. The van der Waals surface area contributed by atoms with Gasteiger partial charge < -0.3 is 15.0 Å². The van der Waals surface area contributed by atoms with E-state index >= 15 is 0 Å². The molecule has 0 bridgehead atoms. The van der Waals surface area contributed by atoms with E-state index in [9.17, 15) is 18.0 Å². The first kappa shape index (κ1) is 28.2. The van der Waals surface area contributed by atoms with Crippen molar-refractivity contribution in [1.29, 1.82) is 0 Å². The fraction of sp³-hybridized carbons (Fsp3) is 0.462. The van der Waals surface area contributed by atoms with Crippen molar-refractivity contribution in [1.82, 2.24) is 10.2 Å². The zero-order chi connectivity index (χ0) is 26.3. The van der Waals surface area contributed by atoms with Crippen LogP contribution in [0.1, 0.15) is 37.5 Å². The van der Waals surface area contributed by atoms with Crippen LogP contribution in [0.4, 0.5) is 5.69 Å². The molecule has 0 saturated heterocycles. The van der Waals surface area contributed by atoms with Crippen molar-refractivity contribution in [3.05, 3.63) is 59.2 Å². The topological polar surface area (TPSA) is 96.0 Å². The molecule has 0 aromatic heterocycles. The number of anilines is 1. The van der Waals surface area contributed by atoms with Crippen LogP contribution in [0.3, 0.4) is 0 Å². The van der Waals surface area contributed by atoms with E-state index in [2.05, 4.69) is 5.32 Å². The number of nitrogens with zero attached hydrogens (tertiary/aromatic N) is 2. The van der Waals surface area contributed by atoms with Crippen LogP contribution >= 0.6 is 0 Å². The van der Waals surface area contributed by atoms with Gasteiger partial charge in [0.05, 0.1) is 19.1 Å². The minimum absolute atomic E-state index is 0.142. The Labute approximate surface area is 209 Å².